The standard InChI is InChI=1S/C17H22N4O2S2/c1-3-4-5-16-20-21-17(25-16)19-15(23)11-24-10-14(22)18-13-8-6-12(2)7-9-13/h6-9H,3-5,10-11H2,1-2H3,(H,18,22)(H,19,21,23). The quantitative estimate of drug-likeness (QED) is 0.698. The van der Waals surface area contributed by atoms with Crippen LogP contribution in [0.3, 0.4) is 0 Å². The Labute approximate surface area is 155 Å². The summed E-state index contributed by atoms with van der Waals surface area (Å²) in [4.78, 5) is 23.7. The fraction of sp³-hybridized carbons (Fsp3) is 0.412. The largest absolute Gasteiger partial charge is 0.325 e. The number of benzene rings is 1. The van der Waals surface area contributed by atoms with E-state index in [1.54, 1.807) is 0 Å². The summed E-state index contributed by atoms with van der Waals surface area (Å²) in [5, 5.41) is 15.0. The van der Waals surface area contributed by atoms with E-state index in [9.17, 15) is 9.59 Å². The second-order valence-electron chi connectivity index (χ2n) is 5.56. The summed E-state index contributed by atoms with van der Waals surface area (Å²) in [5.41, 5.74) is 1.90. The first kappa shape index (κ1) is 19.4. The number of hydrogen-bond donors (Lipinski definition) is 2. The number of thioether (sulfide) groups is 1. The van der Waals surface area contributed by atoms with Crippen molar-refractivity contribution in [3.63, 3.8) is 0 Å². The van der Waals surface area contributed by atoms with Gasteiger partial charge in [-0.3, -0.25) is 14.9 Å². The smallest absolute Gasteiger partial charge is 0.236 e. The molecule has 0 saturated heterocycles. The van der Waals surface area contributed by atoms with Crippen molar-refractivity contribution >= 4 is 45.7 Å². The van der Waals surface area contributed by atoms with Gasteiger partial charge < -0.3 is 5.32 Å². The Bertz CT molecular complexity index is 701. The SMILES string of the molecule is CCCCc1nnc(NC(=O)CSCC(=O)Nc2ccc(C)cc2)s1. The number of hydrogen-bond acceptors (Lipinski definition) is 6. The molecule has 1 aromatic carbocycles. The fourth-order valence-electron chi connectivity index (χ4n) is 1.96. The molecule has 0 radical (unpaired) electrons. The molecule has 0 aliphatic heterocycles. The zero-order chi connectivity index (χ0) is 18.1. The minimum atomic E-state index is -0.175. The van der Waals surface area contributed by atoms with Crippen LogP contribution in [0.25, 0.3) is 0 Å². The number of nitrogens with one attached hydrogen (secondary N) is 2. The van der Waals surface area contributed by atoms with Gasteiger partial charge in [-0.1, -0.05) is 42.4 Å². The van der Waals surface area contributed by atoms with E-state index < -0.39 is 0 Å². The number of carbonyl (C=O) groups is 2. The second kappa shape index (κ2) is 10.1. The summed E-state index contributed by atoms with van der Waals surface area (Å²) in [5.74, 6) is 0.121. The van der Waals surface area contributed by atoms with E-state index in [2.05, 4.69) is 27.8 Å². The molecule has 0 saturated carbocycles. The molecule has 2 amide bonds. The van der Waals surface area contributed by atoms with Crippen molar-refractivity contribution in [2.24, 2.45) is 0 Å². The van der Waals surface area contributed by atoms with E-state index in [0.29, 0.717) is 5.13 Å². The summed E-state index contributed by atoms with van der Waals surface area (Å²) in [6.45, 7) is 4.11. The number of amides is 2. The zero-order valence-electron chi connectivity index (χ0n) is 14.4. The molecule has 0 bridgehead atoms. The second-order valence-corrected chi connectivity index (χ2v) is 7.61. The molecule has 1 heterocycles. The van der Waals surface area contributed by atoms with E-state index in [4.69, 9.17) is 0 Å². The van der Waals surface area contributed by atoms with Gasteiger partial charge >= 0.3 is 0 Å². The molecular weight excluding hydrogens is 356 g/mol. The Balaban J connectivity index is 1.66. The Hall–Kier alpha value is -1.93. The number of nitrogens with zero attached hydrogens (tertiary/aromatic N) is 2. The summed E-state index contributed by atoms with van der Waals surface area (Å²) in [7, 11) is 0. The topological polar surface area (TPSA) is 84.0 Å². The molecule has 25 heavy (non-hydrogen) atoms. The van der Waals surface area contributed by atoms with E-state index >= 15 is 0 Å². The van der Waals surface area contributed by atoms with Gasteiger partial charge in [0.1, 0.15) is 5.01 Å². The van der Waals surface area contributed by atoms with E-state index in [-0.39, 0.29) is 23.3 Å². The van der Waals surface area contributed by atoms with Crippen molar-refractivity contribution in [2.45, 2.75) is 33.1 Å². The van der Waals surface area contributed by atoms with Crippen molar-refractivity contribution in [1.82, 2.24) is 10.2 Å². The van der Waals surface area contributed by atoms with Crippen LogP contribution in [0.15, 0.2) is 24.3 Å². The Morgan fingerprint density at radius 1 is 1.08 bits per heavy atom. The van der Waals surface area contributed by atoms with Crippen LogP contribution < -0.4 is 10.6 Å². The van der Waals surface area contributed by atoms with Crippen LogP contribution >= 0.6 is 23.1 Å². The molecule has 6 nitrogen and oxygen atoms in total. The predicted octanol–water partition coefficient (Wildman–Crippen LogP) is 3.50. The lowest BCUT2D eigenvalue weighted by Crippen LogP contribution is -2.18. The van der Waals surface area contributed by atoms with Crippen molar-refractivity contribution < 1.29 is 9.59 Å². The van der Waals surface area contributed by atoms with Gasteiger partial charge in [-0.2, -0.15) is 0 Å². The highest BCUT2D eigenvalue weighted by Crippen LogP contribution is 2.17. The lowest BCUT2D eigenvalue weighted by molar-refractivity contribution is -0.114. The molecule has 2 aromatic rings. The number of carbonyl (C=O) groups excluding carboxylic acids is 2. The highest BCUT2D eigenvalue weighted by molar-refractivity contribution is 8.00. The number of rotatable bonds is 9. The van der Waals surface area contributed by atoms with Gasteiger partial charge in [0.25, 0.3) is 0 Å². The van der Waals surface area contributed by atoms with E-state index in [0.717, 1.165) is 35.5 Å². The zero-order valence-corrected chi connectivity index (χ0v) is 16.0. The lowest BCUT2D eigenvalue weighted by atomic mass is 10.2. The number of anilines is 2. The molecule has 2 N–H and O–H groups in total. The molecule has 1 aromatic heterocycles. The first-order chi connectivity index (χ1) is 12.1. The van der Waals surface area contributed by atoms with Crippen LogP contribution in [-0.4, -0.2) is 33.5 Å². The molecule has 8 heteroatoms. The molecule has 0 spiro atoms. The third kappa shape index (κ3) is 7.23. The summed E-state index contributed by atoms with van der Waals surface area (Å²) < 4.78 is 0. The highest BCUT2D eigenvalue weighted by Gasteiger charge is 2.09. The predicted molar refractivity (Wildman–Crippen MR) is 104 cm³/mol. The van der Waals surface area contributed by atoms with Crippen LogP contribution in [-0.2, 0) is 16.0 Å². The lowest BCUT2D eigenvalue weighted by Gasteiger charge is -2.05. The Morgan fingerprint density at radius 3 is 2.44 bits per heavy atom. The van der Waals surface area contributed by atoms with Crippen LogP contribution in [0.5, 0.6) is 0 Å². The molecule has 0 fully saturated rings. The Morgan fingerprint density at radius 2 is 1.76 bits per heavy atom. The normalized spacial score (nSPS) is 10.5. The van der Waals surface area contributed by atoms with Crippen LogP contribution in [0.4, 0.5) is 10.8 Å². The van der Waals surface area contributed by atoms with Gasteiger partial charge in [0.15, 0.2) is 0 Å². The van der Waals surface area contributed by atoms with Gasteiger partial charge in [-0.05, 0) is 25.5 Å². The molecule has 0 unspecified atom stereocenters. The van der Waals surface area contributed by atoms with Crippen molar-refractivity contribution in [1.29, 1.82) is 0 Å². The Kier molecular flexibility index (Phi) is 7.87. The molecule has 0 atom stereocenters. The monoisotopic (exact) mass is 378 g/mol. The fourth-order valence-corrected chi connectivity index (χ4v) is 3.37. The number of aryl methyl sites for hydroxylation is 2. The average molecular weight is 379 g/mol. The minimum absolute atomic E-state index is 0.126. The molecule has 0 aliphatic rings. The van der Waals surface area contributed by atoms with Gasteiger partial charge in [0.2, 0.25) is 16.9 Å². The first-order valence-electron chi connectivity index (χ1n) is 8.13. The van der Waals surface area contributed by atoms with Crippen LogP contribution in [0, 0.1) is 6.92 Å². The van der Waals surface area contributed by atoms with Crippen LogP contribution in [0.2, 0.25) is 0 Å². The van der Waals surface area contributed by atoms with Crippen LogP contribution in [0.1, 0.15) is 30.3 Å². The van der Waals surface area contributed by atoms with Gasteiger partial charge in [-0.25, -0.2) is 0 Å². The third-order valence-electron chi connectivity index (χ3n) is 3.26. The summed E-state index contributed by atoms with van der Waals surface area (Å²) in [6, 6.07) is 7.59. The molecule has 134 valence electrons. The number of aromatic nitrogens is 2. The maximum Gasteiger partial charge on any atom is 0.236 e. The molecule has 0 aliphatic carbocycles. The average Bonchev–Trinajstić information content (AvgIpc) is 3.02. The summed E-state index contributed by atoms with van der Waals surface area (Å²) >= 11 is 2.67. The highest BCUT2D eigenvalue weighted by atomic mass is 32.2. The maximum absolute atomic E-state index is 11.9. The molecular formula is C17H22N4O2S2. The van der Waals surface area contributed by atoms with E-state index in [1.807, 2.05) is 31.2 Å². The van der Waals surface area contributed by atoms with Crippen molar-refractivity contribution in [3.8, 4) is 0 Å². The first-order valence-corrected chi connectivity index (χ1v) is 10.1. The third-order valence-corrected chi connectivity index (χ3v) is 5.09. The number of unbranched alkanes of at least 4 members (excludes halogenated alkanes) is 1. The maximum atomic E-state index is 11.9. The molecule has 2 rings (SSSR count). The minimum Gasteiger partial charge on any atom is -0.325 e. The van der Waals surface area contributed by atoms with Crippen molar-refractivity contribution in [2.75, 3.05) is 22.1 Å². The summed E-state index contributed by atoms with van der Waals surface area (Å²) in [6.07, 6.45) is 3.05. The van der Waals surface area contributed by atoms with E-state index in [1.165, 1.54) is 23.1 Å². The van der Waals surface area contributed by atoms with Gasteiger partial charge in [0.05, 0.1) is 11.5 Å². The van der Waals surface area contributed by atoms with Crippen molar-refractivity contribution in [3.05, 3.63) is 34.8 Å². The van der Waals surface area contributed by atoms with Gasteiger partial charge in [0, 0.05) is 12.1 Å². The van der Waals surface area contributed by atoms with Gasteiger partial charge in [-0.15, -0.1) is 22.0 Å².